The van der Waals surface area contributed by atoms with Gasteiger partial charge < -0.3 is 24.9 Å². The smallest absolute Gasteiger partial charge is 0.338 e. The summed E-state index contributed by atoms with van der Waals surface area (Å²) in [5.41, 5.74) is -1.09. The number of hydroxylamine groups is 1. The van der Waals surface area contributed by atoms with E-state index in [1.165, 1.54) is 19.9 Å². The molecular formula is C13H23NO6. The number of hydrogen-bond acceptors (Lipinski definition) is 6. The SMILES string of the molecule is C=CCO[C@@H](/C=[N+](\[O-])C(C)(C)CO)[C@@H](O)C(=O)OCC. The number of hydrogen-bond donors (Lipinski definition) is 2. The monoisotopic (exact) mass is 289 g/mol. The quantitative estimate of drug-likeness (QED) is 0.153. The first-order valence-corrected chi connectivity index (χ1v) is 6.29. The van der Waals surface area contributed by atoms with Crippen LogP contribution in [0.3, 0.4) is 0 Å². The van der Waals surface area contributed by atoms with E-state index in [0.29, 0.717) is 4.74 Å². The maximum atomic E-state index is 11.9. The van der Waals surface area contributed by atoms with E-state index < -0.39 is 30.3 Å². The van der Waals surface area contributed by atoms with Gasteiger partial charge in [-0.25, -0.2) is 9.53 Å². The van der Waals surface area contributed by atoms with Crippen molar-refractivity contribution in [2.24, 2.45) is 0 Å². The Bertz CT molecular complexity index is 353. The number of rotatable bonds is 9. The lowest BCUT2D eigenvalue weighted by Crippen LogP contribution is -2.44. The highest BCUT2D eigenvalue weighted by Gasteiger charge is 2.32. The number of nitrogens with zero attached hydrogens (tertiary/aromatic N) is 1. The van der Waals surface area contributed by atoms with Crippen molar-refractivity contribution in [1.82, 2.24) is 0 Å². The normalized spacial score (nSPS) is 15.6. The van der Waals surface area contributed by atoms with E-state index in [0.717, 1.165) is 6.21 Å². The summed E-state index contributed by atoms with van der Waals surface area (Å²) in [5.74, 6) is -0.881. The third-order valence-corrected chi connectivity index (χ3v) is 2.51. The van der Waals surface area contributed by atoms with Crippen LogP contribution in [0.5, 0.6) is 0 Å². The predicted octanol–water partition coefficient (Wildman–Crippen LogP) is -0.166. The third-order valence-electron chi connectivity index (χ3n) is 2.51. The molecule has 0 aliphatic carbocycles. The molecule has 2 N–H and O–H groups in total. The van der Waals surface area contributed by atoms with Crippen LogP contribution in [0.15, 0.2) is 12.7 Å². The van der Waals surface area contributed by atoms with E-state index in [4.69, 9.17) is 9.84 Å². The Morgan fingerprint density at radius 1 is 1.55 bits per heavy atom. The van der Waals surface area contributed by atoms with Crippen molar-refractivity contribution in [1.29, 1.82) is 0 Å². The van der Waals surface area contributed by atoms with Crippen molar-refractivity contribution in [2.45, 2.75) is 38.5 Å². The van der Waals surface area contributed by atoms with Crippen LogP contribution >= 0.6 is 0 Å². The second-order valence-corrected chi connectivity index (χ2v) is 4.73. The Morgan fingerprint density at radius 3 is 2.60 bits per heavy atom. The van der Waals surface area contributed by atoms with Gasteiger partial charge in [0.05, 0.1) is 13.2 Å². The molecule has 0 bridgehead atoms. The van der Waals surface area contributed by atoms with Gasteiger partial charge in [0.25, 0.3) is 0 Å². The van der Waals surface area contributed by atoms with Gasteiger partial charge in [0.2, 0.25) is 0 Å². The van der Waals surface area contributed by atoms with Crippen LogP contribution in [0, 0.1) is 5.21 Å². The number of aliphatic hydroxyl groups is 2. The molecule has 7 heteroatoms. The molecule has 0 saturated carbocycles. The number of carbonyl (C=O) groups excluding carboxylic acids is 1. The topological polar surface area (TPSA) is 102 Å². The highest BCUT2D eigenvalue weighted by molar-refractivity contribution is 5.80. The fourth-order valence-corrected chi connectivity index (χ4v) is 1.16. The lowest BCUT2D eigenvalue weighted by molar-refractivity contribution is -0.542. The number of carbonyl (C=O) groups is 1. The molecule has 0 heterocycles. The largest absolute Gasteiger partial charge is 0.624 e. The van der Waals surface area contributed by atoms with Gasteiger partial charge in [-0.1, -0.05) is 6.08 Å². The van der Waals surface area contributed by atoms with Gasteiger partial charge in [0, 0.05) is 13.8 Å². The Hall–Kier alpha value is -1.44. The first-order valence-electron chi connectivity index (χ1n) is 6.29. The standard InChI is InChI=1S/C13H23NO6/c1-5-7-20-10(11(16)12(17)19-6-2)8-14(18)13(3,4)9-15/h5,8,10-11,15-16H,1,6-7,9H2,2-4H3/b14-8-/t10-,11+/m0/s1. The number of ether oxygens (including phenoxy) is 2. The molecule has 0 rings (SSSR count). The molecule has 0 saturated heterocycles. The molecule has 0 aromatic carbocycles. The zero-order chi connectivity index (χ0) is 15.8. The number of aliphatic hydroxyl groups excluding tert-OH is 2. The van der Waals surface area contributed by atoms with Gasteiger partial charge in [-0.3, -0.25) is 0 Å². The second-order valence-electron chi connectivity index (χ2n) is 4.73. The minimum absolute atomic E-state index is 0.0467. The van der Waals surface area contributed by atoms with Crippen LogP contribution in [0.2, 0.25) is 0 Å². The first kappa shape index (κ1) is 18.6. The summed E-state index contributed by atoms with van der Waals surface area (Å²) in [4.78, 5) is 11.5. The zero-order valence-corrected chi connectivity index (χ0v) is 12.1. The van der Waals surface area contributed by atoms with Crippen molar-refractivity contribution in [2.75, 3.05) is 19.8 Å². The highest BCUT2D eigenvalue weighted by atomic mass is 16.6. The van der Waals surface area contributed by atoms with Gasteiger partial charge in [0.15, 0.2) is 24.0 Å². The molecule has 0 amide bonds. The summed E-state index contributed by atoms with van der Waals surface area (Å²) in [6.45, 7) is 7.83. The van der Waals surface area contributed by atoms with Crippen molar-refractivity contribution in [3.05, 3.63) is 17.9 Å². The molecule has 20 heavy (non-hydrogen) atoms. The highest BCUT2D eigenvalue weighted by Crippen LogP contribution is 2.08. The average molecular weight is 289 g/mol. The van der Waals surface area contributed by atoms with Crippen LogP contribution in [0.4, 0.5) is 0 Å². The third kappa shape index (κ3) is 5.68. The molecule has 7 nitrogen and oxygen atoms in total. The number of esters is 1. The fraction of sp³-hybridized carbons (Fsp3) is 0.692. The Labute approximate surface area is 118 Å². The zero-order valence-electron chi connectivity index (χ0n) is 12.1. The van der Waals surface area contributed by atoms with E-state index in [1.54, 1.807) is 6.92 Å². The lowest BCUT2D eigenvalue weighted by Gasteiger charge is -2.24. The van der Waals surface area contributed by atoms with Crippen molar-refractivity contribution < 1.29 is 29.2 Å². The van der Waals surface area contributed by atoms with Crippen molar-refractivity contribution in [3.63, 3.8) is 0 Å². The summed E-state index contributed by atoms with van der Waals surface area (Å²) < 4.78 is 10.3. The van der Waals surface area contributed by atoms with Gasteiger partial charge >= 0.3 is 5.97 Å². The Kier molecular flexibility index (Phi) is 8.05. The molecule has 0 aromatic heterocycles. The van der Waals surface area contributed by atoms with Crippen LogP contribution in [0.1, 0.15) is 20.8 Å². The molecule has 116 valence electrons. The molecule has 0 radical (unpaired) electrons. The molecule has 0 aliphatic rings. The molecular weight excluding hydrogens is 266 g/mol. The molecule has 2 atom stereocenters. The summed E-state index contributed by atoms with van der Waals surface area (Å²) in [7, 11) is 0. The van der Waals surface area contributed by atoms with E-state index in [-0.39, 0.29) is 13.2 Å². The molecule has 0 unspecified atom stereocenters. The maximum Gasteiger partial charge on any atom is 0.338 e. The van der Waals surface area contributed by atoms with Crippen LogP contribution in [-0.2, 0) is 14.3 Å². The first-order chi connectivity index (χ1) is 9.30. The lowest BCUT2D eigenvalue weighted by atomic mass is 10.1. The minimum atomic E-state index is -1.62. The average Bonchev–Trinajstić information content (AvgIpc) is 2.42. The van der Waals surface area contributed by atoms with Gasteiger partial charge in [-0.05, 0) is 6.92 Å². The van der Waals surface area contributed by atoms with E-state index in [9.17, 15) is 15.1 Å². The van der Waals surface area contributed by atoms with Crippen LogP contribution in [-0.4, -0.2) is 64.7 Å². The van der Waals surface area contributed by atoms with Crippen LogP contribution < -0.4 is 0 Å². The summed E-state index contributed by atoms with van der Waals surface area (Å²) in [6, 6.07) is 0. The minimum Gasteiger partial charge on any atom is -0.624 e. The predicted molar refractivity (Wildman–Crippen MR) is 73.4 cm³/mol. The van der Waals surface area contributed by atoms with Crippen molar-refractivity contribution in [3.8, 4) is 0 Å². The molecule has 0 aromatic rings. The van der Waals surface area contributed by atoms with E-state index >= 15 is 0 Å². The van der Waals surface area contributed by atoms with Gasteiger partial charge in [-0.15, -0.1) is 6.58 Å². The summed E-state index contributed by atoms with van der Waals surface area (Å²) >= 11 is 0. The fourth-order valence-electron chi connectivity index (χ4n) is 1.16. The Morgan fingerprint density at radius 2 is 2.15 bits per heavy atom. The second kappa shape index (κ2) is 8.68. The van der Waals surface area contributed by atoms with Gasteiger partial charge in [0.1, 0.15) is 6.61 Å². The van der Waals surface area contributed by atoms with Crippen molar-refractivity contribution >= 4 is 12.2 Å². The molecule has 0 aliphatic heterocycles. The van der Waals surface area contributed by atoms with E-state index in [2.05, 4.69) is 11.3 Å². The summed E-state index contributed by atoms with van der Waals surface area (Å²) in [6.07, 6.45) is -0.386. The summed E-state index contributed by atoms with van der Waals surface area (Å²) in [5, 5.41) is 30.8. The Balaban J connectivity index is 5.10. The van der Waals surface area contributed by atoms with Gasteiger partial charge in [-0.2, -0.15) is 0 Å². The van der Waals surface area contributed by atoms with E-state index in [1.807, 2.05) is 0 Å². The molecule has 0 spiro atoms. The molecule has 0 fully saturated rings. The van der Waals surface area contributed by atoms with Crippen LogP contribution in [0.25, 0.3) is 0 Å². The maximum absolute atomic E-state index is 11.9.